The Balaban J connectivity index is 1.77. The van der Waals surface area contributed by atoms with Crippen LogP contribution in [0.2, 0.25) is 0 Å². The topological polar surface area (TPSA) is 33.1 Å². The summed E-state index contributed by atoms with van der Waals surface area (Å²) in [5, 5.41) is 7.97. The Kier molecular flexibility index (Phi) is 3.96. The molecule has 0 radical (unpaired) electrons. The SMILES string of the molecule is CCN1CCCC(NCc2ccn(C)n2)C1. The van der Waals surface area contributed by atoms with E-state index in [1.165, 1.54) is 32.5 Å². The summed E-state index contributed by atoms with van der Waals surface area (Å²) in [5.41, 5.74) is 1.14. The minimum atomic E-state index is 0.635. The van der Waals surface area contributed by atoms with E-state index >= 15 is 0 Å². The van der Waals surface area contributed by atoms with Gasteiger partial charge in [0.15, 0.2) is 0 Å². The molecule has 1 unspecified atom stereocenters. The van der Waals surface area contributed by atoms with Crippen LogP contribution in [0.15, 0.2) is 12.3 Å². The predicted octanol–water partition coefficient (Wildman–Crippen LogP) is 0.994. The lowest BCUT2D eigenvalue weighted by atomic mass is 10.1. The van der Waals surface area contributed by atoms with Crippen LogP contribution in [0.1, 0.15) is 25.5 Å². The van der Waals surface area contributed by atoms with Gasteiger partial charge in [0.25, 0.3) is 0 Å². The first-order valence-electron chi connectivity index (χ1n) is 6.22. The van der Waals surface area contributed by atoms with Crippen LogP contribution >= 0.6 is 0 Å². The number of rotatable bonds is 4. The zero-order valence-corrected chi connectivity index (χ0v) is 10.3. The van der Waals surface area contributed by atoms with Crippen molar-refractivity contribution in [3.8, 4) is 0 Å². The molecule has 1 atom stereocenters. The van der Waals surface area contributed by atoms with Crippen molar-refractivity contribution in [3.05, 3.63) is 18.0 Å². The highest BCUT2D eigenvalue weighted by molar-refractivity contribution is 4.98. The van der Waals surface area contributed by atoms with Crippen molar-refractivity contribution in [3.63, 3.8) is 0 Å². The molecule has 1 aromatic heterocycles. The number of likely N-dealkylation sites (tertiary alicyclic amines) is 1. The van der Waals surface area contributed by atoms with Crippen molar-refractivity contribution >= 4 is 0 Å². The summed E-state index contributed by atoms with van der Waals surface area (Å²) in [6.45, 7) is 6.74. The summed E-state index contributed by atoms with van der Waals surface area (Å²) in [5.74, 6) is 0. The third kappa shape index (κ3) is 3.06. The van der Waals surface area contributed by atoms with Gasteiger partial charge in [-0.25, -0.2) is 0 Å². The Morgan fingerprint density at radius 3 is 3.12 bits per heavy atom. The van der Waals surface area contributed by atoms with E-state index < -0.39 is 0 Å². The zero-order valence-electron chi connectivity index (χ0n) is 10.3. The van der Waals surface area contributed by atoms with Crippen LogP contribution in [-0.4, -0.2) is 40.4 Å². The number of nitrogens with zero attached hydrogens (tertiary/aromatic N) is 3. The third-order valence-corrected chi connectivity index (χ3v) is 3.29. The summed E-state index contributed by atoms with van der Waals surface area (Å²) in [6, 6.07) is 2.71. The lowest BCUT2D eigenvalue weighted by Crippen LogP contribution is -2.45. The minimum absolute atomic E-state index is 0.635. The van der Waals surface area contributed by atoms with Crippen molar-refractivity contribution in [1.82, 2.24) is 20.0 Å². The Morgan fingerprint density at radius 2 is 2.44 bits per heavy atom. The van der Waals surface area contributed by atoms with E-state index in [0.717, 1.165) is 12.2 Å². The molecule has 90 valence electrons. The van der Waals surface area contributed by atoms with E-state index in [2.05, 4.69) is 28.3 Å². The Hall–Kier alpha value is -0.870. The summed E-state index contributed by atoms with van der Waals surface area (Å²) in [6.07, 6.45) is 4.60. The lowest BCUT2D eigenvalue weighted by molar-refractivity contribution is 0.198. The lowest BCUT2D eigenvalue weighted by Gasteiger charge is -2.32. The number of likely N-dealkylation sites (N-methyl/N-ethyl adjacent to an activating group) is 1. The first-order chi connectivity index (χ1) is 7.78. The first-order valence-corrected chi connectivity index (χ1v) is 6.22. The van der Waals surface area contributed by atoms with Gasteiger partial charge in [0.2, 0.25) is 0 Å². The molecule has 0 aromatic carbocycles. The molecular formula is C12H22N4. The van der Waals surface area contributed by atoms with Crippen LogP contribution in [0.5, 0.6) is 0 Å². The molecule has 4 heteroatoms. The van der Waals surface area contributed by atoms with Crippen LogP contribution in [0, 0.1) is 0 Å². The summed E-state index contributed by atoms with van der Waals surface area (Å²) < 4.78 is 1.86. The van der Waals surface area contributed by atoms with Gasteiger partial charge in [0, 0.05) is 32.4 Å². The van der Waals surface area contributed by atoms with Gasteiger partial charge in [-0.1, -0.05) is 6.92 Å². The summed E-state index contributed by atoms with van der Waals surface area (Å²) >= 11 is 0. The average Bonchev–Trinajstić information content (AvgIpc) is 2.73. The second-order valence-electron chi connectivity index (χ2n) is 4.59. The van der Waals surface area contributed by atoms with Gasteiger partial charge in [-0.3, -0.25) is 4.68 Å². The van der Waals surface area contributed by atoms with Gasteiger partial charge in [-0.15, -0.1) is 0 Å². The number of piperidine rings is 1. The highest BCUT2D eigenvalue weighted by Crippen LogP contribution is 2.10. The fraction of sp³-hybridized carbons (Fsp3) is 0.750. The highest BCUT2D eigenvalue weighted by atomic mass is 15.3. The standard InChI is InChI=1S/C12H22N4/c1-3-16-7-4-5-12(10-16)13-9-11-6-8-15(2)14-11/h6,8,12-13H,3-5,7,9-10H2,1-2H3. The molecule has 1 fully saturated rings. The summed E-state index contributed by atoms with van der Waals surface area (Å²) in [7, 11) is 1.96. The van der Waals surface area contributed by atoms with Crippen molar-refractivity contribution in [2.75, 3.05) is 19.6 Å². The molecule has 1 aliphatic heterocycles. The number of aromatic nitrogens is 2. The number of hydrogen-bond donors (Lipinski definition) is 1. The van der Waals surface area contributed by atoms with Crippen LogP contribution < -0.4 is 5.32 Å². The Labute approximate surface area is 97.6 Å². The predicted molar refractivity (Wildman–Crippen MR) is 65.2 cm³/mol. The second-order valence-corrected chi connectivity index (χ2v) is 4.59. The third-order valence-electron chi connectivity index (χ3n) is 3.29. The molecule has 0 saturated carbocycles. The van der Waals surface area contributed by atoms with Crippen LogP contribution in [0.3, 0.4) is 0 Å². The van der Waals surface area contributed by atoms with Crippen LogP contribution in [0.25, 0.3) is 0 Å². The molecule has 4 nitrogen and oxygen atoms in total. The molecule has 1 aromatic rings. The van der Waals surface area contributed by atoms with E-state index in [9.17, 15) is 0 Å². The number of aryl methyl sites for hydroxylation is 1. The maximum Gasteiger partial charge on any atom is 0.0762 e. The van der Waals surface area contributed by atoms with E-state index in [1.54, 1.807) is 0 Å². The molecule has 1 aliphatic rings. The Morgan fingerprint density at radius 1 is 1.56 bits per heavy atom. The molecule has 2 rings (SSSR count). The van der Waals surface area contributed by atoms with Gasteiger partial charge in [0.1, 0.15) is 0 Å². The molecule has 0 aliphatic carbocycles. The van der Waals surface area contributed by atoms with Gasteiger partial charge < -0.3 is 10.2 Å². The zero-order chi connectivity index (χ0) is 11.4. The van der Waals surface area contributed by atoms with Gasteiger partial charge in [-0.2, -0.15) is 5.10 Å². The fourth-order valence-corrected chi connectivity index (χ4v) is 2.32. The molecule has 0 amide bonds. The quantitative estimate of drug-likeness (QED) is 0.825. The van der Waals surface area contributed by atoms with Crippen molar-refractivity contribution in [2.45, 2.75) is 32.4 Å². The van der Waals surface area contributed by atoms with Gasteiger partial charge in [-0.05, 0) is 32.0 Å². The van der Waals surface area contributed by atoms with E-state index in [0.29, 0.717) is 6.04 Å². The maximum atomic E-state index is 4.37. The highest BCUT2D eigenvalue weighted by Gasteiger charge is 2.17. The van der Waals surface area contributed by atoms with Gasteiger partial charge in [0.05, 0.1) is 5.69 Å². The number of nitrogens with one attached hydrogen (secondary N) is 1. The fourth-order valence-electron chi connectivity index (χ4n) is 2.32. The largest absolute Gasteiger partial charge is 0.307 e. The first kappa shape index (κ1) is 11.6. The average molecular weight is 222 g/mol. The molecule has 1 N–H and O–H groups in total. The maximum absolute atomic E-state index is 4.37. The van der Waals surface area contributed by atoms with Crippen molar-refractivity contribution < 1.29 is 0 Å². The van der Waals surface area contributed by atoms with Crippen LogP contribution in [0.4, 0.5) is 0 Å². The van der Waals surface area contributed by atoms with E-state index in [4.69, 9.17) is 0 Å². The second kappa shape index (κ2) is 5.46. The van der Waals surface area contributed by atoms with E-state index in [-0.39, 0.29) is 0 Å². The normalized spacial score (nSPS) is 22.5. The molecule has 16 heavy (non-hydrogen) atoms. The van der Waals surface area contributed by atoms with Crippen LogP contribution in [-0.2, 0) is 13.6 Å². The van der Waals surface area contributed by atoms with Crippen molar-refractivity contribution in [1.29, 1.82) is 0 Å². The Bertz CT molecular complexity index is 321. The molecule has 1 saturated heterocycles. The van der Waals surface area contributed by atoms with Crippen molar-refractivity contribution in [2.24, 2.45) is 7.05 Å². The van der Waals surface area contributed by atoms with Gasteiger partial charge >= 0.3 is 0 Å². The summed E-state index contributed by atoms with van der Waals surface area (Å²) in [4.78, 5) is 2.51. The number of hydrogen-bond acceptors (Lipinski definition) is 3. The van der Waals surface area contributed by atoms with E-state index in [1.807, 2.05) is 17.9 Å². The minimum Gasteiger partial charge on any atom is -0.307 e. The monoisotopic (exact) mass is 222 g/mol. The molecule has 0 spiro atoms. The smallest absolute Gasteiger partial charge is 0.0762 e. The molecule has 2 heterocycles. The molecule has 0 bridgehead atoms. The molecular weight excluding hydrogens is 200 g/mol.